The zero-order chi connectivity index (χ0) is 24.9. The number of sulfonamides is 1. The topological polar surface area (TPSA) is 84.9 Å². The lowest BCUT2D eigenvalue weighted by Gasteiger charge is -2.26. The van der Waals surface area contributed by atoms with Gasteiger partial charge in [0.2, 0.25) is 10.0 Å². The molecule has 3 aromatic rings. The molecule has 1 amide bonds. The third-order valence-electron chi connectivity index (χ3n) is 5.31. The average Bonchev–Trinajstić information content (AvgIpc) is 2.82. The Morgan fingerprint density at radius 3 is 2.18 bits per heavy atom. The predicted octanol–water partition coefficient (Wildman–Crippen LogP) is 4.62. The van der Waals surface area contributed by atoms with Crippen LogP contribution in [0.15, 0.2) is 60.7 Å². The molecule has 3 aromatic carbocycles. The number of aryl methyl sites for hydroxylation is 1. The number of methoxy groups -OCH3 is 2. The van der Waals surface area contributed by atoms with Crippen LogP contribution in [0.5, 0.6) is 11.5 Å². The van der Waals surface area contributed by atoms with Crippen molar-refractivity contribution in [3.8, 4) is 11.5 Å². The number of carbonyl (C=O) groups is 1. The fraction of sp³-hybridized carbons (Fsp3) is 0.240. The highest BCUT2D eigenvalue weighted by atomic mass is 32.2. The van der Waals surface area contributed by atoms with E-state index < -0.39 is 21.7 Å². The van der Waals surface area contributed by atoms with E-state index in [1.807, 2.05) is 19.1 Å². The molecule has 180 valence electrons. The summed E-state index contributed by atoms with van der Waals surface area (Å²) in [6, 6.07) is 16.0. The maximum atomic E-state index is 14.4. The third-order valence-corrected chi connectivity index (χ3v) is 6.43. The first-order chi connectivity index (χ1) is 16.2. The van der Waals surface area contributed by atoms with Crippen LogP contribution in [0.4, 0.5) is 15.8 Å². The highest BCUT2D eigenvalue weighted by molar-refractivity contribution is 7.92. The van der Waals surface area contributed by atoms with Crippen LogP contribution in [0.25, 0.3) is 0 Å². The minimum Gasteiger partial charge on any atom is -0.493 e. The lowest BCUT2D eigenvalue weighted by Crippen LogP contribution is -2.32. The zero-order valence-electron chi connectivity index (χ0n) is 19.5. The summed E-state index contributed by atoms with van der Waals surface area (Å²) in [7, 11) is -1.11. The summed E-state index contributed by atoms with van der Waals surface area (Å²) >= 11 is 0. The van der Waals surface area contributed by atoms with E-state index in [0.29, 0.717) is 5.69 Å². The molecule has 0 aliphatic heterocycles. The number of nitrogens with one attached hydrogen (secondary N) is 1. The van der Waals surface area contributed by atoms with Gasteiger partial charge in [-0.2, -0.15) is 0 Å². The molecule has 0 spiro atoms. The number of anilines is 2. The monoisotopic (exact) mass is 486 g/mol. The molecule has 0 heterocycles. The summed E-state index contributed by atoms with van der Waals surface area (Å²) in [6.45, 7) is 1.71. The van der Waals surface area contributed by atoms with Gasteiger partial charge in [-0.05, 0) is 36.2 Å². The molecule has 0 saturated carbocycles. The van der Waals surface area contributed by atoms with Crippen LogP contribution in [0, 0.1) is 5.82 Å². The molecular weight excluding hydrogens is 459 g/mol. The SMILES string of the molecule is CCc1ccc(NC(=O)c2cc(OC)c(OC)cc2N(Cc2ccccc2F)S(C)(=O)=O)cc1. The summed E-state index contributed by atoms with van der Waals surface area (Å²) in [5.74, 6) is -0.637. The molecule has 0 fully saturated rings. The highest BCUT2D eigenvalue weighted by Gasteiger charge is 2.27. The van der Waals surface area contributed by atoms with Gasteiger partial charge in [-0.15, -0.1) is 0 Å². The van der Waals surface area contributed by atoms with Crippen LogP contribution in [0.1, 0.15) is 28.4 Å². The summed E-state index contributed by atoms with van der Waals surface area (Å²) in [5, 5.41) is 2.79. The maximum absolute atomic E-state index is 14.4. The van der Waals surface area contributed by atoms with Gasteiger partial charge < -0.3 is 14.8 Å². The van der Waals surface area contributed by atoms with Crippen LogP contribution < -0.4 is 19.1 Å². The fourth-order valence-corrected chi connectivity index (χ4v) is 4.32. The van der Waals surface area contributed by atoms with Gasteiger partial charge >= 0.3 is 0 Å². The molecule has 3 rings (SSSR count). The molecule has 0 saturated heterocycles. The average molecular weight is 487 g/mol. The lowest BCUT2D eigenvalue weighted by atomic mass is 10.1. The van der Waals surface area contributed by atoms with Crippen molar-refractivity contribution in [3.05, 3.63) is 83.2 Å². The van der Waals surface area contributed by atoms with Crippen LogP contribution in [-0.2, 0) is 23.0 Å². The van der Waals surface area contributed by atoms with E-state index in [4.69, 9.17) is 9.47 Å². The first kappa shape index (κ1) is 25.0. The Kier molecular flexibility index (Phi) is 7.78. The van der Waals surface area contributed by atoms with Crippen molar-refractivity contribution in [2.24, 2.45) is 0 Å². The van der Waals surface area contributed by atoms with Gasteiger partial charge in [-0.1, -0.05) is 37.3 Å². The summed E-state index contributed by atoms with van der Waals surface area (Å²) < 4.78 is 51.6. The molecule has 0 radical (unpaired) electrons. The van der Waals surface area contributed by atoms with E-state index in [1.165, 1.54) is 44.6 Å². The van der Waals surface area contributed by atoms with E-state index in [9.17, 15) is 17.6 Å². The molecule has 0 aliphatic rings. The second-order valence-corrected chi connectivity index (χ2v) is 9.50. The lowest BCUT2D eigenvalue weighted by molar-refractivity contribution is 0.102. The summed E-state index contributed by atoms with van der Waals surface area (Å²) in [5.41, 5.74) is 1.87. The standard InChI is InChI=1S/C25H27FN2O5S/c1-5-17-10-12-19(13-11-17)27-25(29)20-14-23(32-2)24(33-3)15-22(20)28(34(4,30)31)16-18-8-6-7-9-21(18)26/h6-15H,5,16H2,1-4H3,(H,27,29). The number of rotatable bonds is 9. The Morgan fingerprint density at radius 2 is 1.62 bits per heavy atom. The second-order valence-electron chi connectivity index (χ2n) is 7.59. The highest BCUT2D eigenvalue weighted by Crippen LogP contribution is 2.37. The summed E-state index contributed by atoms with van der Waals surface area (Å²) in [4.78, 5) is 13.3. The number of carbonyl (C=O) groups excluding carboxylic acids is 1. The van der Waals surface area contributed by atoms with Crippen molar-refractivity contribution < 1.29 is 27.1 Å². The maximum Gasteiger partial charge on any atom is 0.257 e. The van der Waals surface area contributed by atoms with Crippen LogP contribution >= 0.6 is 0 Å². The number of benzene rings is 3. The van der Waals surface area contributed by atoms with Gasteiger partial charge in [0, 0.05) is 17.3 Å². The van der Waals surface area contributed by atoms with Crippen molar-refractivity contribution >= 4 is 27.3 Å². The first-order valence-corrected chi connectivity index (χ1v) is 12.4. The van der Waals surface area contributed by atoms with E-state index in [2.05, 4.69) is 5.32 Å². The van der Waals surface area contributed by atoms with E-state index in [1.54, 1.807) is 18.2 Å². The Morgan fingerprint density at radius 1 is 1.00 bits per heavy atom. The molecule has 0 atom stereocenters. The van der Waals surface area contributed by atoms with Crippen LogP contribution in [0.2, 0.25) is 0 Å². The molecule has 0 aliphatic carbocycles. The Bertz CT molecular complexity index is 1280. The van der Waals surface area contributed by atoms with E-state index >= 15 is 0 Å². The number of hydrogen-bond acceptors (Lipinski definition) is 5. The molecular formula is C25H27FN2O5S. The van der Waals surface area contributed by atoms with Crippen molar-refractivity contribution in [1.29, 1.82) is 0 Å². The number of nitrogens with zero attached hydrogens (tertiary/aromatic N) is 1. The first-order valence-electron chi connectivity index (χ1n) is 10.5. The van der Waals surface area contributed by atoms with Crippen molar-refractivity contribution in [1.82, 2.24) is 0 Å². The fourth-order valence-electron chi connectivity index (χ4n) is 3.44. The van der Waals surface area contributed by atoms with Gasteiger partial charge in [0.05, 0.1) is 38.3 Å². The van der Waals surface area contributed by atoms with Crippen molar-refractivity contribution in [2.75, 3.05) is 30.1 Å². The van der Waals surface area contributed by atoms with Gasteiger partial charge in [0.1, 0.15) is 5.82 Å². The van der Waals surface area contributed by atoms with E-state index in [-0.39, 0.29) is 34.9 Å². The zero-order valence-corrected chi connectivity index (χ0v) is 20.3. The normalized spacial score (nSPS) is 11.1. The molecule has 9 heteroatoms. The molecule has 0 unspecified atom stereocenters. The molecule has 7 nitrogen and oxygen atoms in total. The Balaban J connectivity index is 2.12. The van der Waals surface area contributed by atoms with Crippen LogP contribution in [-0.4, -0.2) is 34.8 Å². The van der Waals surface area contributed by atoms with E-state index in [0.717, 1.165) is 22.5 Å². The van der Waals surface area contributed by atoms with Crippen molar-refractivity contribution in [2.45, 2.75) is 19.9 Å². The van der Waals surface area contributed by atoms with Gasteiger partial charge in [0.25, 0.3) is 5.91 Å². The minimum atomic E-state index is -3.93. The van der Waals surface area contributed by atoms with Gasteiger partial charge in [0.15, 0.2) is 11.5 Å². The number of ether oxygens (including phenoxy) is 2. The Hall–Kier alpha value is -3.59. The minimum absolute atomic E-state index is 0.0268. The molecule has 0 aromatic heterocycles. The van der Waals surface area contributed by atoms with Crippen LogP contribution in [0.3, 0.4) is 0 Å². The summed E-state index contributed by atoms with van der Waals surface area (Å²) in [6.07, 6.45) is 1.85. The molecule has 34 heavy (non-hydrogen) atoms. The quantitative estimate of drug-likeness (QED) is 0.477. The number of halogens is 1. The largest absolute Gasteiger partial charge is 0.493 e. The second kappa shape index (κ2) is 10.6. The number of hydrogen-bond donors (Lipinski definition) is 1. The molecule has 1 N–H and O–H groups in total. The van der Waals surface area contributed by atoms with Gasteiger partial charge in [-0.25, -0.2) is 12.8 Å². The Labute approximate surface area is 199 Å². The van der Waals surface area contributed by atoms with Gasteiger partial charge in [-0.3, -0.25) is 9.10 Å². The van der Waals surface area contributed by atoms with Crippen molar-refractivity contribution in [3.63, 3.8) is 0 Å². The smallest absolute Gasteiger partial charge is 0.257 e. The predicted molar refractivity (Wildman–Crippen MR) is 131 cm³/mol. The third kappa shape index (κ3) is 5.66. The number of amides is 1. The molecule has 0 bridgehead atoms.